The lowest BCUT2D eigenvalue weighted by Gasteiger charge is -2.17. The summed E-state index contributed by atoms with van der Waals surface area (Å²) in [7, 11) is -13.4. The number of aliphatic hydroxyl groups is 6. The van der Waals surface area contributed by atoms with E-state index in [4.69, 9.17) is 81.0 Å². The maximum absolute atomic E-state index is 12.1. The number of rotatable bonds is 38. The minimum Gasteiger partial charge on any atom is -0.397 e. The lowest BCUT2D eigenvalue weighted by molar-refractivity contribution is -0.0530. The van der Waals surface area contributed by atoms with Crippen molar-refractivity contribution in [3.05, 3.63) is 55.8 Å². The topological polar surface area (TPSA) is 628 Å². The van der Waals surface area contributed by atoms with Crippen LogP contribution in [0.5, 0.6) is 0 Å². The average molecular weight is 1420 g/mol. The number of fused-ring (bicyclic) bond motifs is 3. The lowest BCUT2D eigenvalue weighted by Crippen LogP contribution is -2.33. The molecule has 534 valence electrons. The number of phosphoric ester groups is 3. The van der Waals surface area contributed by atoms with E-state index in [9.17, 15) is 59.0 Å². The molecule has 3 fully saturated rings. The Morgan fingerprint density at radius 1 is 0.421 bits per heavy atom. The number of ether oxygens (including phenoxy) is 6. The standard InChI is InChI=1S/C21H37N6O10P.C16H27N6O7P.C13H21N6O7P/c22-4-1-7-32-9-11-34-12-10-33-8-2-5-26-37-38(30,31)35-13-16-18(28)19(29)21(36-16)27-14-25-17-15(23)3-6-24-20(17)27;17-5-2-1-3-6-21-29-30(25,26)27-8-11-13(23)14(24)16(28-11)22-9-20-12-10(18)4-7-19-15(12)22;14-2-4-18-26-27(22,23)24-5-8-10(20)11(21)13(25-8)19-6-17-9-7(15)1-3-16-12(9)19/h3,6,14,16,18-19,21,26,28-29H,1-2,4-5,7-13,22H2,(H2,23,24)(H,30,31);4,7,9,11,13-14,16,21,23-24H,1-3,5-6,8,17H2,(H2,18,19)(H,25,26);1,3,6,8,10-11,13,18,20-21H,2,4-5,14H2,(H2,15,16)(H,22,23). The number of hydrogen-bond acceptors (Lipinski definition) is 36. The Kier molecular flexibility index (Phi) is 30.7. The van der Waals surface area contributed by atoms with Crippen LogP contribution in [-0.4, -0.2) is 243 Å². The Balaban J connectivity index is 0.000000205. The fourth-order valence-corrected chi connectivity index (χ4v) is 11.2. The van der Waals surface area contributed by atoms with Crippen LogP contribution in [0.3, 0.4) is 0 Å². The summed E-state index contributed by atoms with van der Waals surface area (Å²) in [6, 6.07) is 4.74. The molecule has 9 heterocycles. The number of pyridine rings is 3. The number of nitrogens with one attached hydrogen (secondary N) is 3. The SMILES string of the molecule is NCCCCCNOP(=O)(O)OCC1OC(n2cnc3c(N)ccnc32)C(O)C1O.NCCCOCCOCCOCCCNOP(=O)(O)OCC1OC(n2cnc3c(N)ccnc32)C(O)C1O.NCCNOP(=O)(O)OCC1OC(n2cnc3c(N)ccnc32)C(O)C1O. The highest BCUT2D eigenvalue weighted by Gasteiger charge is 2.48. The molecule has 45 heteroatoms. The zero-order valence-corrected chi connectivity index (χ0v) is 53.9. The zero-order valence-electron chi connectivity index (χ0n) is 51.2. The van der Waals surface area contributed by atoms with E-state index in [2.05, 4.69) is 55.6 Å². The molecule has 42 nitrogen and oxygen atoms in total. The van der Waals surface area contributed by atoms with Gasteiger partial charge in [0.05, 0.1) is 82.3 Å². The van der Waals surface area contributed by atoms with Gasteiger partial charge in [-0.25, -0.2) is 43.6 Å². The number of imidazole rings is 3. The van der Waals surface area contributed by atoms with Crippen molar-refractivity contribution in [3.8, 4) is 0 Å². The van der Waals surface area contributed by atoms with E-state index in [0.717, 1.165) is 19.3 Å². The summed E-state index contributed by atoms with van der Waals surface area (Å²) in [6.07, 6.45) is -2.38. The van der Waals surface area contributed by atoms with E-state index in [1.165, 1.54) is 51.3 Å². The molecule has 3 aliphatic rings. The molecule has 9 rings (SSSR count). The maximum Gasteiger partial charge on any atom is 0.488 e. The van der Waals surface area contributed by atoms with Crippen molar-refractivity contribution in [1.82, 2.24) is 60.0 Å². The van der Waals surface area contributed by atoms with Gasteiger partial charge in [-0.1, -0.05) is 6.42 Å². The quantitative estimate of drug-likeness (QED) is 0.0102. The first-order valence-corrected chi connectivity index (χ1v) is 34.3. The van der Waals surface area contributed by atoms with E-state index in [1.54, 1.807) is 18.2 Å². The molecule has 0 saturated carbocycles. The predicted octanol–water partition coefficient (Wildman–Crippen LogP) is -3.31. The molecule has 6 aromatic heterocycles. The Morgan fingerprint density at radius 2 is 0.747 bits per heavy atom. The molecule has 3 saturated heterocycles. The van der Waals surface area contributed by atoms with E-state index >= 15 is 0 Å². The molecule has 0 aliphatic carbocycles. The lowest BCUT2D eigenvalue weighted by atomic mass is 10.1. The van der Waals surface area contributed by atoms with Gasteiger partial charge in [0.15, 0.2) is 35.6 Å². The van der Waals surface area contributed by atoms with Gasteiger partial charge in [-0.05, 0) is 57.0 Å². The van der Waals surface area contributed by atoms with Gasteiger partial charge in [0.2, 0.25) is 0 Å². The van der Waals surface area contributed by atoms with Gasteiger partial charge in [-0.3, -0.25) is 27.3 Å². The second kappa shape index (κ2) is 37.7. The molecule has 15 unspecified atom stereocenters. The number of hydroxylamine groups is 3. The van der Waals surface area contributed by atoms with Gasteiger partial charge in [0.25, 0.3) is 0 Å². The van der Waals surface area contributed by atoms with Crippen LogP contribution in [0.25, 0.3) is 33.5 Å². The Morgan fingerprint density at radius 3 is 1.09 bits per heavy atom. The number of nitrogens with zero attached hydrogens (tertiary/aromatic N) is 9. The Hall–Kier alpha value is -5.13. The molecule has 24 N–H and O–H groups in total. The van der Waals surface area contributed by atoms with E-state index in [-0.39, 0.29) is 19.6 Å². The first kappa shape index (κ1) is 77.2. The normalized spacial score (nSPS) is 25.5. The first-order chi connectivity index (χ1) is 45.5. The van der Waals surface area contributed by atoms with Crippen molar-refractivity contribution in [1.29, 1.82) is 0 Å². The zero-order chi connectivity index (χ0) is 68.7. The van der Waals surface area contributed by atoms with Crippen LogP contribution in [0, 0.1) is 0 Å². The van der Waals surface area contributed by atoms with Crippen LogP contribution in [0.1, 0.15) is 50.8 Å². The molecule has 0 radical (unpaired) electrons. The summed E-state index contributed by atoms with van der Waals surface area (Å²) in [5.74, 6) is 0. The van der Waals surface area contributed by atoms with Crippen molar-refractivity contribution in [2.75, 3.05) is 116 Å². The van der Waals surface area contributed by atoms with E-state index in [1.807, 2.05) is 0 Å². The van der Waals surface area contributed by atoms with E-state index in [0.29, 0.717) is 123 Å². The number of aliphatic hydroxyl groups excluding tert-OH is 6. The van der Waals surface area contributed by atoms with Crippen molar-refractivity contribution in [2.24, 2.45) is 17.2 Å². The first-order valence-electron chi connectivity index (χ1n) is 29.8. The highest BCUT2D eigenvalue weighted by molar-refractivity contribution is 7.47. The van der Waals surface area contributed by atoms with Gasteiger partial charge < -0.3 is 108 Å². The number of nitrogen functional groups attached to an aromatic ring is 3. The second-order valence-electron chi connectivity index (χ2n) is 21.0. The van der Waals surface area contributed by atoms with Gasteiger partial charge in [-0.15, -0.1) is 0 Å². The van der Waals surface area contributed by atoms with Crippen molar-refractivity contribution in [2.45, 2.75) is 106 Å². The molecular formula is C50H85N18O24P3. The number of unbranched alkanes of at least 4 members (excludes halogenated alkanes) is 2. The van der Waals surface area contributed by atoms with Crippen molar-refractivity contribution < 1.29 is 115 Å². The summed E-state index contributed by atoms with van der Waals surface area (Å²) in [4.78, 5) is 54.1. The highest BCUT2D eigenvalue weighted by Crippen LogP contribution is 2.46. The molecule has 3 aliphatic heterocycles. The largest absolute Gasteiger partial charge is 0.488 e. The van der Waals surface area contributed by atoms with Gasteiger partial charge in [0, 0.05) is 58.0 Å². The van der Waals surface area contributed by atoms with Gasteiger partial charge >= 0.3 is 23.5 Å². The van der Waals surface area contributed by atoms with Crippen LogP contribution in [0.15, 0.2) is 55.8 Å². The summed E-state index contributed by atoms with van der Waals surface area (Å²) >= 11 is 0. The van der Waals surface area contributed by atoms with Crippen LogP contribution >= 0.6 is 23.5 Å². The van der Waals surface area contributed by atoms with Gasteiger partial charge in [0.1, 0.15) is 71.5 Å². The molecule has 0 aromatic carbocycles. The Bertz CT molecular complexity index is 3420. The van der Waals surface area contributed by atoms with Crippen LogP contribution in [0.4, 0.5) is 17.1 Å². The fourth-order valence-electron chi connectivity index (χ4n) is 9.22. The second-order valence-corrected chi connectivity index (χ2v) is 25.2. The van der Waals surface area contributed by atoms with Gasteiger partial charge in [-0.2, -0.15) is 30.3 Å². The molecule has 0 bridgehead atoms. The maximum atomic E-state index is 12.1. The molecular weight excluding hydrogens is 1330 g/mol. The predicted molar refractivity (Wildman–Crippen MR) is 331 cm³/mol. The number of nitrogens with two attached hydrogens (primary N) is 6. The monoisotopic (exact) mass is 1410 g/mol. The molecule has 0 spiro atoms. The van der Waals surface area contributed by atoms with Crippen LogP contribution < -0.4 is 50.8 Å². The molecule has 0 amide bonds. The fraction of sp³-hybridized carbons (Fsp3) is 0.640. The number of phosphoric acid groups is 3. The third kappa shape index (κ3) is 22.2. The van der Waals surface area contributed by atoms with Crippen LogP contribution in [-0.2, 0) is 69.6 Å². The van der Waals surface area contributed by atoms with E-state index < -0.39 is 117 Å². The summed E-state index contributed by atoms with van der Waals surface area (Å²) in [5.41, 5.74) is 44.0. The third-order valence-electron chi connectivity index (χ3n) is 14.1. The van der Waals surface area contributed by atoms with Crippen LogP contribution in [0.2, 0.25) is 0 Å². The Labute approximate surface area is 542 Å². The molecule has 95 heavy (non-hydrogen) atoms. The summed E-state index contributed by atoms with van der Waals surface area (Å²) in [5, 5.41) is 62.0. The number of anilines is 3. The van der Waals surface area contributed by atoms with Crippen molar-refractivity contribution >= 4 is 74.0 Å². The summed E-state index contributed by atoms with van der Waals surface area (Å²) < 4.78 is 102. The average Bonchev–Trinajstić information content (AvgIpc) is 1.65. The number of hydrogen-bond donors (Lipinski definition) is 18. The molecule has 6 aromatic rings. The smallest absolute Gasteiger partial charge is 0.397 e. The van der Waals surface area contributed by atoms with Crippen molar-refractivity contribution in [3.63, 3.8) is 0 Å². The molecule has 15 atom stereocenters. The summed E-state index contributed by atoms with van der Waals surface area (Å²) in [6.45, 7) is 3.38. The highest BCUT2D eigenvalue weighted by atomic mass is 31.2. The number of aromatic nitrogens is 9. The minimum atomic E-state index is -4.51. The minimum absolute atomic E-state index is 0.140. The third-order valence-corrected chi connectivity index (χ3v) is 16.6.